The van der Waals surface area contributed by atoms with E-state index in [4.69, 9.17) is 9.47 Å². The molecule has 1 aliphatic rings. The van der Waals surface area contributed by atoms with Crippen LogP contribution in [0.15, 0.2) is 85.1 Å². The standard InChI is InChI=1S/C52H89NO8/c1-3-5-7-9-11-13-15-17-19-21-23-25-27-29-31-33-35-37-39-41-46(55)45(44-60-52-51(59)50(58)49(57)47(43-54)61-52)53-48(56)42-40-38-36-34-32-30-28-26-24-22-20-18-16-14-12-10-8-6-4-2/h6,8,12,14,18,20,24,26,30-33,39,41,45-47,49-52,54-55,57-59H,3-5,7,9-11,13,15-17,19,21-23,25,27-29,34-38,40,42-44H2,1-2H3,(H,53,56)/b8-6-,14-12-,20-18-,26-24-,32-30-,33-31+,41-39+. The van der Waals surface area contributed by atoms with Gasteiger partial charge in [-0.05, 0) is 77.0 Å². The maximum atomic E-state index is 13.0. The Hall–Kier alpha value is -2.63. The predicted octanol–water partition coefficient (Wildman–Crippen LogP) is 10.7. The second kappa shape index (κ2) is 41.4. The minimum absolute atomic E-state index is 0.219. The topological polar surface area (TPSA) is 149 Å². The average molecular weight is 856 g/mol. The molecule has 7 atom stereocenters. The number of amides is 1. The highest BCUT2D eigenvalue weighted by Crippen LogP contribution is 2.22. The Morgan fingerprint density at radius 2 is 1.03 bits per heavy atom. The highest BCUT2D eigenvalue weighted by molar-refractivity contribution is 5.76. The zero-order valence-electron chi connectivity index (χ0n) is 38.4. The molecule has 0 aliphatic carbocycles. The van der Waals surface area contributed by atoms with Gasteiger partial charge in [0, 0.05) is 6.42 Å². The van der Waals surface area contributed by atoms with Gasteiger partial charge in [-0.25, -0.2) is 0 Å². The number of hydrogen-bond donors (Lipinski definition) is 6. The minimum atomic E-state index is -1.58. The lowest BCUT2D eigenvalue weighted by molar-refractivity contribution is -0.302. The summed E-state index contributed by atoms with van der Waals surface area (Å²) in [7, 11) is 0. The van der Waals surface area contributed by atoms with Gasteiger partial charge >= 0.3 is 0 Å². The SMILES string of the molecule is CC/C=C\C/C=C\C/C=C\C/C=C\C/C=C\CCCCCC(=O)NC(COC1OC(CO)C(O)C(O)C1O)C(O)/C=C/CC/C=C/CCCCCCCCCCCCCCC. The smallest absolute Gasteiger partial charge is 0.220 e. The summed E-state index contributed by atoms with van der Waals surface area (Å²) in [4.78, 5) is 13.0. The van der Waals surface area contributed by atoms with Crippen LogP contribution in [0.25, 0.3) is 0 Å². The number of nitrogens with one attached hydrogen (secondary N) is 1. The number of unbranched alkanes of at least 4 members (excludes halogenated alkanes) is 17. The molecule has 1 amide bonds. The monoisotopic (exact) mass is 856 g/mol. The number of hydrogen-bond acceptors (Lipinski definition) is 8. The van der Waals surface area contributed by atoms with E-state index in [9.17, 15) is 30.3 Å². The van der Waals surface area contributed by atoms with E-state index < -0.39 is 49.5 Å². The van der Waals surface area contributed by atoms with Crippen molar-refractivity contribution in [1.29, 1.82) is 0 Å². The number of aliphatic hydroxyl groups excluding tert-OH is 5. The summed E-state index contributed by atoms with van der Waals surface area (Å²) in [5.74, 6) is -0.221. The summed E-state index contributed by atoms with van der Waals surface area (Å²) in [5.41, 5.74) is 0. The van der Waals surface area contributed by atoms with Gasteiger partial charge in [0.15, 0.2) is 6.29 Å². The van der Waals surface area contributed by atoms with E-state index >= 15 is 0 Å². The summed E-state index contributed by atoms with van der Waals surface area (Å²) in [6.45, 7) is 3.61. The number of ether oxygens (including phenoxy) is 2. The Kier molecular flexibility index (Phi) is 38.3. The minimum Gasteiger partial charge on any atom is -0.394 e. The van der Waals surface area contributed by atoms with E-state index in [1.807, 2.05) is 6.08 Å². The van der Waals surface area contributed by atoms with Gasteiger partial charge < -0.3 is 40.3 Å². The van der Waals surface area contributed by atoms with Crippen molar-refractivity contribution in [3.63, 3.8) is 0 Å². The maximum absolute atomic E-state index is 13.0. The first kappa shape index (κ1) is 56.4. The molecule has 0 aromatic rings. The number of carbonyl (C=O) groups is 1. The third kappa shape index (κ3) is 31.8. The van der Waals surface area contributed by atoms with E-state index in [0.717, 1.165) is 70.6 Å². The lowest BCUT2D eigenvalue weighted by Gasteiger charge is -2.40. The van der Waals surface area contributed by atoms with Crippen LogP contribution < -0.4 is 5.32 Å². The predicted molar refractivity (Wildman–Crippen MR) is 253 cm³/mol. The molecule has 0 radical (unpaired) electrons. The van der Waals surface area contributed by atoms with Gasteiger partial charge in [0.25, 0.3) is 0 Å². The molecule has 0 aromatic heterocycles. The summed E-state index contributed by atoms with van der Waals surface area (Å²) < 4.78 is 11.2. The van der Waals surface area contributed by atoms with E-state index in [1.165, 1.54) is 83.5 Å². The van der Waals surface area contributed by atoms with Gasteiger partial charge in [-0.3, -0.25) is 4.79 Å². The van der Waals surface area contributed by atoms with E-state index in [0.29, 0.717) is 12.8 Å². The first-order valence-corrected chi connectivity index (χ1v) is 24.3. The van der Waals surface area contributed by atoms with Crippen molar-refractivity contribution in [2.24, 2.45) is 0 Å². The van der Waals surface area contributed by atoms with Crippen LogP contribution in [0.4, 0.5) is 0 Å². The summed E-state index contributed by atoms with van der Waals surface area (Å²) in [6, 6.07) is -0.844. The Morgan fingerprint density at radius 3 is 1.57 bits per heavy atom. The normalized spacial score (nSPS) is 21.2. The molecule has 6 N–H and O–H groups in total. The van der Waals surface area contributed by atoms with Crippen LogP contribution >= 0.6 is 0 Å². The number of carbonyl (C=O) groups excluding carboxylic acids is 1. The Balaban J connectivity index is 2.40. The van der Waals surface area contributed by atoms with Crippen molar-refractivity contribution in [1.82, 2.24) is 5.32 Å². The zero-order valence-corrected chi connectivity index (χ0v) is 38.4. The average Bonchev–Trinajstić information content (AvgIpc) is 3.26. The maximum Gasteiger partial charge on any atom is 0.220 e. The highest BCUT2D eigenvalue weighted by Gasteiger charge is 2.44. The molecule has 1 fully saturated rings. The Bertz CT molecular complexity index is 1220. The zero-order chi connectivity index (χ0) is 44.4. The lowest BCUT2D eigenvalue weighted by Crippen LogP contribution is -2.60. The summed E-state index contributed by atoms with van der Waals surface area (Å²) >= 11 is 0. The molecule has 0 aromatic carbocycles. The van der Waals surface area contributed by atoms with Crippen LogP contribution in [0, 0.1) is 0 Å². The van der Waals surface area contributed by atoms with E-state index in [2.05, 4.69) is 92.1 Å². The van der Waals surface area contributed by atoms with Crippen LogP contribution in [-0.2, 0) is 14.3 Å². The molecule has 350 valence electrons. The quantitative estimate of drug-likeness (QED) is 0.0264. The molecule has 0 spiro atoms. The molecular weight excluding hydrogens is 767 g/mol. The van der Waals surface area contributed by atoms with Gasteiger partial charge in [0.1, 0.15) is 24.4 Å². The van der Waals surface area contributed by atoms with Crippen molar-refractivity contribution in [3.8, 4) is 0 Å². The van der Waals surface area contributed by atoms with Crippen molar-refractivity contribution in [2.45, 2.75) is 224 Å². The fourth-order valence-electron chi connectivity index (χ4n) is 7.08. The van der Waals surface area contributed by atoms with Crippen LogP contribution in [0.2, 0.25) is 0 Å². The molecule has 7 unspecified atom stereocenters. The number of allylic oxidation sites excluding steroid dienone is 13. The van der Waals surface area contributed by atoms with E-state index in [1.54, 1.807) is 6.08 Å². The molecule has 1 heterocycles. The van der Waals surface area contributed by atoms with E-state index in [-0.39, 0.29) is 12.5 Å². The molecule has 9 heteroatoms. The molecule has 61 heavy (non-hydrogen) atoms. The van der Waals surface area contributed by atoms with Crippen LogP contribution in [0.1, 0.15) is 181 Å². The fraction of sp³-hybridized carbons (Fsp3) is 0.712. The van der Waals surface area contributed by atoms with Gasteiger partial charge in [-0.1, -0.05) is 182 Å². The number of aliphatic hydroxyl groups is 5. The molecule has 1 rings (SSSR count). The van der Waals surface area contributed by atoms with Crippen LogP contribution in [0.5, 0.6) is 0 Å². The highest BCUT2D eigenvalue weighted by atomic mass is 16.7. The second-order valence-corrected chi connectivity index (χ2v) is 16.5. The number of rotatable bonds is 39. The molecule has 0 bridgehead atoms. The van der Waals surface area contributed by atoms with Crippen LogP contribution in [0.3, 0.4) is 0 Å². The van der Waals surface area contributed by atoms with Gasteiger partial charge in [-0.15, -0.1) is 0 Å². The van der Waals surface area contributed by atoms with Crippen molar-refractivity contribution < 1.29 is 39.8 Å². The first-order valence-electron chi connectivity index (χ1n) is 24.3. The molecule has 9 nitrogen and oxygen atoms in total. The first-order chi connectivity index (χ1) is 29.8. The summed E-state index contributed by atoms with van der Waals surface area (Å²) in [5, 5.41) is 54.2. The van der Waals surface area contributed by atoms with Crippen molar-refractivity contribution in [3.05, 3.63) is 85.1 Å². The third-order valence-electron chi connectivity index (χ3n) is 11.0. The Morgan fingerprint density at radius 1 is 0.574 bits per heavy atom. The fourth-order valence-corrected chi connectivity index (χ4v) is 7.08. The van der Waals surface area contributed by atoms with Gasteiger partial charge in [0.05, 0.1) is 25.4 Å². The third-order valence-corrected chi connectivity index (χ3v) is 11.0. The molecule has 1 saturated heterocycles. The summed E-state index contributed by atoms with van der Waals surface area (Å²) in [6.07, 6.45) is 50.5. The molecule has 0 saturated carbocycles. The van der Waals surface area contributed by atoms with Gasteiger partial charge in [0.2, 0.25) is 5.91 Å². The molecular formula is C52H89NO8. The van der Waals surface area contributed by atoms with Crippen LogP contribution in [-0.4, -0.2) is 87.5 Å². The second-order valence-electron chi connectivity index (χ2n) is 16.5. The Labute approximate surface area is 371 Å². The van der Waals surface area contributed by atoms with Crippen molar-refractivity contribution >= 4 is 5.91 Å². The molecule has 1 aliphatic heterocycles. The largest absolute Gasteiger partial charge is 0.394 e. The lowest BCUT2D eigenvalue weighted by atomic mass is 9.99. The van der Waals surface area contributed by atoms with Crippen molar-refractivity contribution in [2.75, 3.05) is 13.2 Å². The van der Waals surface area contributed by atoms with Gasteiger partial charge in [-0.2, -0.15) is 0 Å².